The summed E-state index contributed by atoms with van der Waals surface area (Å²) < 4.78 is 0. The fraction of sp³-hybridized carbons (Fsp3) is 0.368. The second kappa shape index (κ2) is 7.84. The predicted octanol–water partition coefficient (Wildman–Crippen LogP) is 4.13. The zero-order valence-corrected chi connectivity index (χ0v) is 13.4. The van der Waals surface area contributed by atoms with Crippen LogP contribution in [0.4, 0.5) is 5.69 Å². The average molecular weight is 282 g/mol. The standard InChI is InChI=1S/C19H26N2/c1-4-13-20-14-17-10-6-7-11-18(17)15-21(3)19-12-8-5-9-16(19)2/h5-12,20H,4,13-15H2,1-3H3. The Morgan fingerprint density at radius 1 is 0.952 bits per heavy atom. The highest BCUT2D eigenvalue weighted by molar-refractivity contribution is 5.53. The lowest BCUT2D eigenvalue weighted by molar-refractivity contribution is 0.670. The Hall–Kier alpha value is -1.80. The number of aryl methyl sites for hydroxylation is 1. The van der Waals surface area contributed by atoms with Crippen LogP contribution in [0.5, 0.6) is 0 Å². The van der Waals surface area contributed by atoms with E-state index in [9.17, 15) is 0 Å². The maximum absolute atomic E-state index is 3.50. The molecule has 1 N–H and O–H groups in total. The average Bonchev–Trinajstić information content (AvgIpc) is 2.49. The minimum absolute atomic E-state index is 0.939. The third-order valence-electron chi connectivity index (χ3n) is 3.79. The van der Waals surface area contributed by atoms with Gasteiger partial charge in [-0.25, -0.2) is 0 Å². The summed E-state index contributed by atoms with van der Waals surface area (Å²) >= 11 is 0. The fourth-order valence-electron chi connectivity index (χ4n) is 2.62. The van der Waals surface area contributed by atoms with E-state index >= 15 is 0 Å². The van der Waals surface area contributed by atoms with E-state index in [1.807, 2.05) is 0 Å². The van der Waals surface area contributed by atoms with E-state index in [0.717, 1.165) is 19.6 Å². The largest absolute Gasteiger partial charge is 0.370 e. The molecule has 0 unspecified atom stereocenters. The third-order valence-corrected chi connectivity index (χ3v) is 3.79. The molecule has 0 amide bonds. The molecule has 2 aromatic carbocycles. The van der Waals surface area contributed by atoms with Gasteiger partial charge in [0, 0.05) is 25.8 Å². The molecular formula is C19H26N2. The van der Waals surface area contributed by atoms with Gasteiger partial charge in [-0.3, -0.25) is 0 Å². The normalized spacial score (nSPS) is 10.6. The van der Waals surface area contributed by atoms with Crippen LogP contribution >= 0.6 is 0 Å². The van der Waals surface area contributed by atoms with Crippen LogP contribution in [0, 0.1) is 6.92 Å². The topological polar surface area (TPSA) is 15.3 Å². The monoisotopic (exact) mass is 282 g/mol. The third kappa shape index (κ3) is 4.33. The first-order chi connectivity index (χ1) is 10.2. The molecule has 0 aliphatic heterocycles. The summed E-state index contributed by atoms with van der Waals surface area (Å²) in [5.41, 5.74) is 5.41. The quantitative estimate of drug-likeness (QED) is 0.768. The van der Waals surface area contributed by atoms with E-state index in [1.54, 1.807) is 0 Å². The highest BCUT2D eigenvalue weighted by Crippen LogP contribution is 2.21. The summed E-state index contributed by atoms with van der Waals surface area (Å²) in [6.07, 6.45) is 1.17. The molecule has 2 rings (SSSR count). The van der Waals surface area contributed by atoms with Crippen molar-refractivity contribution in [1.29, 1.82) is 0 Å². The van der Waals surface area contributed by atoms with Gasteiger partial charge in [0.05, 0.1) is 0 Å². The lowest BCUT2D eigenvalue weighted by Crippen LogP contribution is -2.20. The number of para-hydroxylation sites is 1. The number of hydrogen-bond acceptors (Lipinski definition) is 2. The molecule has 0 atom stereocenters. The number of nitrogens with zero attached hydrogens (tertiary/aromatic N) is 1. The van der Waals surface area contributed by atoms with Gasteiger partial charge in [-0.05, 0) is 42.6 Å². The van der Waals surface area contributed by atoms with Gasteiger partial charge in [0.2, 0.25) is 0 Å². The number of rotatable bonds is 7. The summed E-state index contributed by atoms with van der Waals surface area (Å²) in [7, 11) is 2.17. The highest BCUT2D eigenvalue weighted by atomic mass is 15.1. The fourth-order valence-corrected chi connectivity index (χ4v) is 2.62. The lowest BCUT2D eigenvalue weighted by atomic mass is 10.1. The van der Waals surface area contributed by atoms with E-state index in [0.29, 0.717) is 0 Å². The van der Waals surface area contributed by atoms with Crippen LogP contribution in [0.25, 0.3) is 0 Å². The number of benzene rings is 2. The molecule has 2 aromatic rings. The van der Waals surface area contributed by atoms with Crippen LogP contribution in [0.3, 0.4) is 0 Å². The summed E-state index contributed by atoms with van der Waals surface area (Å²) in [5.74, 6) is 0. The van der Waals surface area contributed by atoms with Crippen LogP contribution in [0.1, 0.15) is 30.0 Å². The van der Waals surface area contributed by atoms with Gasteiger partial charge in [-0.1, -0.05) is 49.4 Å². The first-order valence-electron chi connectivity index (χ1n) is 7.76. The second-order valence-electron chi connectivity index (χ2n) is 5.59. The zero-order valence-electron chi connectivity index (χ0n) is 13.4. The Balaban J connectivity index is 2.10. The summed E-state index contributed by atoms with van der Waals surface area (Å²) in [6, 6.07) is 17.3. The SMILES string of the molecule is CCCNCc1ccccc1CN(C)c1ccccc1C. The molecule has 21 heavy (non-hydrogen) atoms. The van der Waals surface area contributed by atoms with Gasteiger partial charge < -0.3 is 10.2 Å². The van der Waals surface area contributed by atoms with E-state index < -0.39 is 0 Å². The Labute approximate surface area is 128 Å². The summed E-state index contributed by atoms with van der Waals surface area (Å²) in [6.45, 7) is 7.33. The first-order valence-corrected chi connectivity index (χ1v) is 7.76. The Morgan fingerprint density at radius 3 is 2.33 bits per heavy atom. The predicted molar refractivity (Wildman–Crippen MR) is 91.7 cm³/mol. The van der Waals surface area contributed by atoms with Crippen LogP contribution < -0.4 is 10.2 Å². The van der Waals surface area contributed by atoms with Gasteiger partial charge >= 0.3 is 0 Å². The molecule has 0 heterocycles. The number of nitrogens with one attached hydrogen (secondary N) is 1. The van der Waals surface area contributed by atoms with E-state index in [1.165, 1.54) is 28.8 Å². The molecule has 0 saturated carbocycles. The van der Waals surface area contributed by atoms with Crippen LogP contribution in [-0.2, 0) is 13.1 Å². The van der Waals surface area contributed by atoms with Crippen molar-refractivity contribution in [2.45, 2.75) is 33.4 Å². The minimum atomic E-state index is 0.939. The molecule has 0 aliphatic carbocycles. The molecular weight excluding hydrogens is 256 g/mol. The molecule has 2 heteroatoms. The lowest BCUT2D eigenvalue weighted by Gasteiger charge is -2.23. The molecule has 112 valence electrons. The highest BCUT2D eigenvalue weighted by Gasteiger charge is 2.07. The molecule has 0 aliphatic rings. The Bertz CT molecular complexity index is 563. The molecule has 0 bridgehead atoms. The maximum atomic E-state index is 3.50. The summed E-state index contributed by atoms with van der Waals surface area (Å²) in [4.78, 5) is 2.33. The molecule has 0 spiro atoms. The van der Waals surface area contributed by atoms with Gasteiger partial charge in [0.1, 0.15) is 0 Å². The van der Waals surface area contributed by atoms with Gasteiger partial charge in [0.15, 0.2) is 0 Å². The summed E-state index contributed by atoms with van der Waals surface area (Å²) in [5, 5.41) is 3.50. The molecule has 0 fully saturated rings. The zero-order chi connectivity index (χ0) is 15.1. The number of anilines is 1. The maximum Gasteiger partial charge on any atom is 0.0429 e. The smallest absolute Gasteiger partial charge is 0.0429 e. The van der Waals surface area contributed by atoms with E-state index in [-0.39, 0.29) is 0 Å². The van der Waals surface area contributed by atoms with Crippen molar-refractivity contribution in [2.75, 3.05) is 18.5 Å². The first kappa shape index (κ1) is 15.6. The molecule has 0 radical (unpaired) electrons. The molecule has 0 aromatic heterocycles. The van der Waals surface area contributed by atoms with Crippen molar-refractivity contribution < 1.29 is 0 Å². The Morgan fingerprint density at radius 2 is 1.62 bits per heavy atom. The van der Waals surface area contributed by atoms with E-state index in [4.69, 9.17) is 0 Å². The van der Waals surface area contributed by atoms with Crippen LogP contribution in [0.15, 0.2) is 48.5 Å². The van der Waals surface area contributed by atoms with Crippen LogP contribution in [0.2, 0.25) is 0 Å². The Kier molecular flexibility index (Phi) is 5.82. The van der Waals surface area contributed by atoms with Crippen molar-refractivity contribution in [2.24, 2.45) is 0 Å². The van der Waals surface area contributed by atoms with Crippen molar-refractivity contribution >= 4 is 5.69 Å². The minimum Gasteiger partial charge on any atom is -0.370 e. The van der Waals surface area contributed by atoms with Gasteiger partial charge in [0.25, 0.3) is 0 Å². The van der Waals surface area contributed by atoms with Crippen molar-refractivity contribution in [3.63, 3.8) is 0 Å². The van der Waals surface area contributed by atoms with Crippen molar-refractivity contribution in [3.05, 3.63) is 65.2 Å². The molecule has 0 saturated heterocycles. The molecule has 2 nitrogen and oxygen atoms in total. The van der Waals surface area contributed by atoms with Crippen molar-refractivity contribution in [1.82, 2.24) is 5.32 Å². The van der Waals surface area contributed by atoms with Crippen LogP contribution in [-0.4, -0.2) is 13.6 Å². The number of hydrogen-bond donors (Lipinski definition) is 1. The second-order valence-corrected chi connectivity index (χ2v) is 5.59. The van der Waals surface area contributed by atoms with Crippen molar-refractivity contribution in [3.8, 4) is 0 Å². The van der Waals surface area contributed by atoms with Gasteiger partial charge in [-0.15, -0.1) is 0 Å². The van der Waals surface area contributed by atoms with Gasteiger partial charge in [-0.2, -0.15) is 0 Å². The van der Waals surface area contributed by atoms with E-state index in [2.05, 4.69) is 79.6 Å².